The summed E-state index contributed by atoms with van der Waals surface area (Å²) in [5.41, 5.74) is 1.94. The van der Waals surface area contributed by atoms with E-state index in [1.165, 1.54) is 0 Å². The zero-order valence-electron chi connectivity index (χ0n) is 11.3. The molecule has 1 heterocycles. The van der Waals surface area contributed by atoms with Crippen LogP contribution in [0.25, 0.3) is 11.0 Å². The van der Waals surface area contributed by atoms with Crippen LogP contribution in [-0.4, -0.2) is 9.55 Å². The topological polar surface area (TPSA) is 27.1 Å². The summed E-state index contributed by atoms with van der Waals surface area (Å²) in [6, 6.07) is 15.1. The van der Waals surface area contributed by atoms with Crippen LogP contribution in [0, 0.1) is 12.3 Å². The van der Waals surface area contributed by atoms with Crippen molar-refractivity contribution < 1.29 is 4.74 Å². The molecule has 21 heavy (non-hydrogen) atoms. The van der Waals surface area contributed by atoms with Crippen LogP contribution < -0.4 is 4.74 Å². The van der Waals surface area contributed by atoms with Crippen LogP contribution in [0.5, 0.6) is 5.75 Å². The Hall–Kier alpha value is -2.44. The average Bonchev–Trinajstić information content (AvgIpc) is 2.85. The zero-order chi connectivity index (χ0) is 14.7. The minimum absolute atomic E-state index is 0.359. The molecule has 3 nitrogen and oxygen atoms in total. The van der Waals surface area contributed by atoms with Gasteiger partial charge in [-0.25, -0.2) is 4.98 Å². The second-order valence-corrected chi connectivity index (χ2v) is 4.99. The van der Waals surface area contributed by atoms with Gasteiger partial charge < -0.3 is 9.30 Å². The van der Waals surface area contributed by atoms with Gasteiger partial charge in [0.05, 0.1) is 17.6 Å². The number of halogens is 1. The van der Waals surface area contributed by atoms with Crippen molar-refractivity contribution in [2.45, 2.75) is 13.2 Å². The van der Waals surface area contributed by atoms with Gasteiger partial charge in [-0.3, -0.25) is 0 Å². The SMILES string of the molecule is C#CCn1c(COc2ccc(Cl)cc2)nc2ccccc21. The molecule has 0 radical (unpaired) electrons. The lowest BCUT2D eigenvalue weighted by Crippen LogP contribution is -2.06. The maximum absolute atomic E-state index is 5.85. The van der Waals surface area contributed by atoms with Gasteiger partial charge in [0.25, 0.3) is 0 Å². The molecule has 3 rings (SSSR count). The maximum Gasteiger partial charge on any atom is 0.148 e. The number of rotatable bonds is 4. The van der Waals surface area contributed by atoms with E-state index in [0.29, 0.717) is 18.2 Å². The van der Waals surface area contributed by atoms with E-state index < -0.39 is 0 Å². The maximum atomic E-state index is 5.85. The number of para-hydroxylation sites is 2. The van der Waals surface area contributed by atoms with Gasteiger partial charge in [0.1, 0.15) is 18.2 Å². The smallest absolute Gasteiger partial charge is 0.148 e. The molecule has 3 aromatic rings. The minimum Gasteiger partial charge on any atom is -0.486 e. The largest absolute Gasteiger partial charge is 0.486 e. The van der Waals surface area contributed by atoms with Gasteiger partial charge in [-0.15, -0.1) is 6.42 Å². The Morgan fingerprint density at radius 3 is 2.67 bits per heavy atom. The van der Waals surface area contributed by atoms with E-state index in [1.807, 2.05) is 41.0 Å². The molecular formula is C17H13ClN2O. The Morgan fingerprint density at radius 1 is 1.14 bits per heavy atom. The molecule has 0 N–H and O–H groups in total. The van der Waals surface area contributed by atoms with Crippen LogP contribution >= 0.6 is 11.6 Å². The number of aromatic nitrogens is 2. The summed E-state index contributed by atoms with van der Waals surface area (Å²) in [5, 5.41) is 0.682. The Bertz CT molecular complexity index is 800. The molecule has 4 heteroatoms. The van der Waals surface area contributed by atoms with Crippen LogP contribution in [-0.2, 0) is 13.2 Å². The van der Waals surface area contributed by atoms with Crippen molar-refractivity contribution in [3.8, 4) is 18.1 Å². The first-order valence-corrected chi connectivity index (χ1v) is 6.91. The molecular weight excluding hydrogens is 284 g/mol. The quantitative estimate of drug-likeness (QED) is 0.683. The lowest BCUT2D eigenvalue weighted by Gasteiger charge is -2.08. The van der Waals surface area contributed by atoms with Gasteiger partial charge in [-0.05, 0) is 36.4 Å². The van der Waals surface area contributed by atoms with Crippen molar-refractivity contribution >= 4 is 22.6 Å². The van der Waals surface area contributed by atoms with E-state index in [-0.39, 0.29) is 0 Å². The number of terminal acetylenes is 1. The second kappa shape index (κ2) is 5.90. The van der Waals surface area contributed by atoms with Crippen molar-refractivity contribution in [2.24, 2.45) is 0 Å². The second-order valence-electron chi connectivity index (χ2n) is 4.55. The summed E-state index contributed by atoms with van der Waals surface area (Å²) in [6.45, 7) is 0.831. The average molecular weight is 297 g/mol. The van der Waals surface area contributed by atoms with Crippen molar-refractivity contribution in [2.75, 3.05) is 0 Å². The van der Waals surface area contributed by atoms with E-state index in [9.17, 15) is 0 Å². The molecule has 0 aliphatic carbocycles. The molecule has 0 unspecified atom stereocenters. The van der Waals surface area contributed by atoms with Crippen LogP contribution in [0.1, 0.15) is 5.82 Å². The van der Waals surface area contributed by atoms with E-state index >= 15 is 0 Å². The number of imidazole rings is 1. The van der Waals surface area contributed by atoms with E-state index in [2.05, 4.69) is 10.9 Å². The number of ether oxygens (including phenoxy) is 1. The molecule has 0 saturated carbocycles. The van der Waals surface area contributed by atoms with Gasteiger partial charge in [-0.1, -0.05) is 29.7 Å². The van der Waals surface area contributed by atoms with E-state index in [1.54, 1.807) is 12.1 Å². The van der Waals surface area contributed by atoms with Gasteiger partial charge in [0.2, 0.25) is 0 Å². The number of fused-ring (bicyclic) bond motifs is 1. The zero-order valence-corrected chi connectivity index (χ0v) is 12.0. The van der Waals surface area contributed by atoms with Crippen LogP contribution in [0.15, 0.2) is 48.5 Å². The molecule has 0 atom stereocenters. The fraction of sp³-hybridized carbons (Fsp3) is 0.118. The van der Waals surface area contributed by atoms with Gasteiger partial charge in [0, 0.05) is 5.02 Å². The van der Waals surface area contributed by atoms with Crippen molar-refractivity contribution in [1.82, 2.24) is 9.55 Å². The van der Waals surface area contributed by atoms with Crippen LogP contribution in [0.4, 0.5) is 0 Å². The molecule has 0 fully saturated rings. The number of nitrogens with zero attached hydrogens (tertiary/aromatic N) is 2. The third-order valence-corrected chi connectivity index (χ3v) is 3.42. The summed E-state index contributed by atoms with van der Waals surface area (Å²) in [6.07, 6.45) is 5.45. The standard InChI is InChI=1S/C17H13ClN2O/c1-2-11-20-16-6-4-3-5-15(16)19-17(20)12-21-14-9-7-13(18)8-10-14/h1,3-10H,11-12H2. The lowest BCUT2D eigenvalue weighted by atomic mass is 10.3. The van der Waals surface area contributed by atoms with E-state index in [0.717, 1.165) is 22.6 Å². The molecule has 104 valence electrons. The van der Waals surface area contributed by atoms with Crippen molar-refractivity contribution in [3.05, 3.63) is 59.4 Å². The lowest BCUT2D eigenvalue weighted by molar-refractivity contribution is 0.291. The van der Waals surface area contributed by atoms with Crippen LogP contribution in [0.2, 0.25) is 5.02 Å². The number of hydrogen-bond acceptors (Lipinski definition) is 2. The molecule has 0 aliphatic heterocycles. The Kier molecular flexibility index (Phi) is 3.81. The third kappa shape index (κ3) is 2.86. The number of benzene rings is 2. The monoisotopic (exact) mass is 296 g/mol. The molecule has 0 saturated heterocycles. The summed E-state index contributed by atoms with van der Waals surface area (Å²) in [5.74, 6) is 4.22. The molecule has 0 spiro atoms. The Balaban J connectivity index is 1.87. The highest BCUT2D eigenvalue weighted by atomic mass is 35.5. The summed E-state index contributed by atoms with van der Waals surface area (Å²) >= 11 is 5.85. The van der Waals surface area contributed by atoms with Gasteiger partial charge in [-0.2, -0.15) is 0 Å². The first kappa shape index (κ1) is 13.5. The highest BCUT2D eigenvalue weighted by molar-refractivity contribution is 6.30. The number of hydrogen-bond donors (Lipinski definition) is 0. The summed E-state index contributed by atoms with van der Waals surface area (Å²) < 4.78 is 7.74. The molecule has 2 aromatic carbocycles. The first-order chi connectivity index (χ1) is 10.3. The predicted octanol–water partition coefficient (Wildman–Crippen LogP) is 3.90. The highest BCUT2D eigenvalue weighted by Gasteiger charge is 2.10. The Labute approximate surface area is 128 Å². The molecule has 0 bridgehead atoms. The summed E-state index contributed by atoms with van der Waals surface area (Å²) in [4.78, 5) is 4.58. The van der Waals surface area contributed by atoms with Gasteiger partial charge >= 0.3 is 0 Å². The third-order valence-electron chi connectivity index (χ3n) is 3.16. The normalized spacial score (nSPS) is 10.5. The Morgan fingerprint density at radius 2 is 1.90 bits per heavy atom. The molecule has 1 aromatic heterocycles. The predicted molar refractivity (Wildman–Crippen MR) is 84.4 cm³/mol. The summed E-state index contributed by atoms with van der Waals surface area (Å²) in [7, 11) is 0. The van der Waals surface area contributed by atoms with Crippen molar-refractivity contribution in [1.29, 1.82) is 0 Å². The minimum atomic E-state index is 0.359. The van der Waals surface area contributed by atoms with Crippen molar-refractivity contribution in [3.63, 3.8) is 0 Å². The van der Waals surface area contributed by atoms with Gasteiger partial charge in [0.15, 0.2) is 0 Å². The first-order valence-electron chi connectivity index (χ1n) is 6.54. The van der Waals surface area contributed by atoms with E-state index in [4.69, 9.17) is 22.8 Å². The fourth-order valence-corrected chi connectivity index (χ4v) is 2.31. The molecule has 0 amide bonds. The van der Waals surface area contributed by atoms with Crippen LogP contribution in [0.3, 0.4) is 0 Å². The fourth-order valence-electron chi connectivity index (χ4n) is 2.18. The highest BCUT2D eigenvalue weighted by Crippen LogP contribution is 2.19. The molecule has 0 aliphatic rings.